The number of nitrogens with zero attached hydrogens (tertiary/aromatic N) is 5. The van der Waals surface area contributed by atoms with E-state index in [1.165, 1.54) is 6.33 Å². The van der Waals surface area contributed by atoms with Crippen LogP contribution in [-0.4, -0.2) is 38.5 Å². The van der Waals surface area contributed by atoms with Gasteiger partial charge in [0.1, 0.15) is 12.1 Å². The summed E-state index contributed by atoms with van der Waals surface area (Å²) in [6.45, 7) is 2.49. The van der Waals surface area contributed by atoms with E-state index in [1.54, 1.807) is 19.5 Å². The van der Waals surface area contributed by atoms with Gasteiger partial charge in [0.25, 0.3) is 0 Å². The van der Waals surface area contributed by atoms with Crippen molar-refractivity contribution in [1.29, 1.82) is 0 Å². The SMILES string of the molecule is COc1cccc(CN2CCc3nc(-c4cncnc4)ncc3C2)c1Cl. The summed E-state index contributed by atoms with van der Waals surface area (Å²) >= 11 is 6.43. The molecular formula is C19H18ClN5O. The van der Waals surface area contributed by atoms with Crippen molar-refractivity contribution in [3.63, 3.8) is 0 Å². The van der Waals surface area contributed by atoms with Crippen LogP contribution in [0.3, 0.4) is 0 Å². The van der Waals surface area contributed by atoms with Crippen LogP contribution in [0, 0.1) is 0 Å². The number of methoxy groups -OCH3 is 1. The summed E-state index contributed by atoms with van der Waals surface area (Å²) in [5.41, 5.74) is 4.14. The van der Waals surface area contributed by atoms with Gasteiger partial charge < -0.3 is 4.74 Å². The van der Waals surface area contributed by atoms with Crippen LogP contribution in [0.1, 0.15) is 16.8 Å². The maximum Gasteiger partial charge on any atom is 0.162 e. The van der Waals surface area contributed by atoms with E-state index in [2.05, 4.69) is 19.9 Å². The van der Waals surface area contributed by atoms with E-state index >= 15 is 0 Å². The second-order valence-corrected chi connectivity index (χ2v) is 6.56. The molecule has 0 bridgehead atoms. The van der Waals surface area contributed by atoms with Gasteiger partial charge in [-0.3, -0.25) is 4.90 Å². The van der Waals surface area contributed by atoms with E-state index in [9.17, 15) is 0 Å². The van der Waals surface area contributed by atoms with Crippen molar-refractivity contribution in [2.75, 3.05) is 13.7 Å². The first-order chi connectivity index (χ1) is 12.7. The number of rotatable bonds is 4. The third-order valence-electron chi connectivity index (χ3n) is 4.49. The highest BCUT2D eigenvalue weighted by atomic mass is 35.5. The topological polar surface area (TPSA) is 64.0 Å². The van der Waals surface area contributed by atoms with Crippen molar-refractivity contribution < 1.29 is 4.74 Å². The summed E-state index contributed by atoms with van der Waals surface area (Å²) in [5, 5.41) is 0.677. The molecule has 1 aromatic carbocycles. The zero-order chi connectivity index (χ0) is 17.9. The van der Waals surface area contributed by atoms with Gasteiger partial charge in [-0.05, 0) is 11.6 Å². The zero-order valence-electron chi connectivity index (χ0n) is 14.4. The van der Waals surface area contributed by atoms with E-state index in [-0.39, 0.29) is 0 Å². The molecule has 0 aliphatic carbocycles. The fraction of sp³-hybridized carbons (Fsp3) is 0.263. The molecule has 3 aromatic rings. The second-order valence-electron chi connectivity index (χ2n) is 6.19. The lowest BCUT2D eigenvalue weighted by molar-refractivity contribution is 0.242. The van der Waals surface area contributed by atoms with E-state index in [1.807, 2.05) is 24.4 Å². The van der Waals surface area contributed by atoms with Gasteiger partial charge in [0.2, 0.25) is 0 Å². The third kappa shape index (κ3) is 3.38. The minimum absolute atomic E-state index is 0.675. The molecule has 0 fully saturated rings. The average molecular weight is 368 g/mol. The first-order valence-electron chi connectivity index (χ1n) is 8.38. The number of benzene rings is 1. The Morgan fingerprint density at radius 2 is 2.04 bits per heavy atom. The van der Waals surface area contributed by atoms with Crippen LogP contribution in [0.5, 0.6) is 5.75 Å². The molecule has 0 spiro atoms. The molecule has 0 N–H and O–H groups in total. The molecule has 0 saturated heterocycles. The van der Waals surface area contributed by atoms with Crippen LogP contribution in [0.25, 0.3) is 11.4 Å². The summed E-state index contributed by atoms with van der Waals surface area (Å²) in [6.07, 6.45) is 7.75. The molecule has 3 heterocycles. The summed E-state index contributed by atoms with van der Waals surface area (Å²) in [5.74, 6) is 1.38. The van der Waals surface area contributed by atoms with Crippen molar-refractivity contribution in [2.45, 2.75) is 19.5 Å². The Labute approximate surface area is 156 Å². The van der Waals surface area contributed by atoms with Gasteiger partial charge in [-0.2, -0.15) is 0 Å². The number of aromatic nitrogens is 4. The van der Waals surface area contributed by atoms with Crippen molar-refractivity contribution in [1.82, 2.24) is 24.8 Å². The van der Waals surface area contributed by atoms with Gasteiger partial charge in [-0.15, -0.1) is 0 Å². The number of fused-ring (bicyclic) bond motifs is 1. The van der Waals surface area contributed by atoms with E-state index in [4.69, 9.17) is 21.3 Å². The first-order valence-corrected chi connectivity index (χ1v) is 8.76. The monoisotopic (exact) mass is 367 g/mol. The fourth-order valence-electron chi connectivity index (χ4n) is 3.14. The molecule has 132 valence electrons. The quantitative estimate of drug-likeness (QED) is 0.705. The molecule has 0 amide bonds. The van der Waals surface area contributed by atoms with Crippen LogP contribution >= 0.6 is 11.6 Å². The first kappa shape index (κ1) is 16.9. The molecule has 2 aromatic heterocycles. The van der Waals surface area contributed by atoms with Gasteiger partial charge in [0.05, 0.1) is 23.4 Å². The van der Waals surface area contributed by atoms with E-state index in [0.717, 1.165) is 48.4 Å². The van der Waals surface area contributed by atoms with Gasteiger partial charge in [-0.25, -0.2) is 19.9 Å². The van der Waals surface area contributed by atoms with Crippen molar-refractivity contribution in [3.8, 4) is 17.1 Å². The highest BCUT2D eigenvalue weighted by Crippen LogP contribution is 2.30. The molecule has 7 heteroatoms. The lowest BCUT2D eigenvalue weighted by Crippen LogP contribution is -2.31. The molecular weight excluding hydrogens is 350 g/mol. The molecule has 0 unspecified atom stereocenters. The molecule has 6 nitrogen and oxygen atoms in total. The smallest absolute Gasteiger partial charge is 0.162 e. The molecule has 4 rings (SSSR count). The standard InChI is InChI=1S/C19H18ClN5O/c1-26-17-4-2-3-13(18(17)20)10-25-6-5-16-15(11-25)9-23-19(24-16)14-7-21-12-22-8-14/h2-4,7-9,12H,5-6,10-11H2,1H3. The van der Waals surface area contributed by atoms with E-state index < -0.39 is 0 Å². The lowest BCUT2D eigenvalue weighted by atomic mass is 10.1. The van der Waals surface area contributed by atoms with Gasteiger partial charge >= 0.3 is 0 Å². The second kappa shape index (κ2) is 7.35. The Hall–Kier alpha value is -2.57. The zero-order valence-corrected chi connectivity index (χ0v) is 15.1. The maximum atomic E-state index is 6.43. The van der Waals surface area contributed by atoms with Gasteiger partial charge in [-0.1, -0.05) is 23.7 Å². The Morgan fingerprint density at radius 3 is 2.85 bits per heavy atom. The molecule has 0 saturated carbocycles. The minimum atomic E-state index is 0.675. The Kier molecular flexibility index (Phi) is 4.77. The van der Waals surface area contributed by atoms with Crippen LogP contribution in [0.2, 0.25) is 5.02 Å². The van der Waals surface area contributed by atoms with Crippen molar-refractivity contribution in [3.05, 3.63) is 65.0 Å². The average Bonchev–Trinajstić information content (AvgIpc) is 2.70. The molecule has 1 aliphatic rings. The van der Waals surface area contributed by atoms with Crippen LogP contribution < -0.4 is 4.74 Å². The summed E-state index contributed by atoms with van der Waals surface area (Å²) in [4.78, 5) is 19.6. The molecule has 0 atom stereocenters. The van der Waals surface area contributed by atoms with Crippen molar-refractivity contribution >= 4 is 11.6 Å². The molecule has 0 radical (unpaired) electrons. The predicted octanol–water partition coefficient (Wildman–Crippen LogP) is 3.15. The highest BCUT2D eigenvalue weighted by Gasteiger charge is 2.20. The van der Waals surface area contributed by atoms with Gasteiger partial charge in [0, 0.05) is 50.2 Å². The highest BCUT2D eigenvalue weighted by molar-refractivity contribution is 6.32. The molecule has 26 heavy (non-hydrogen) atoms. The number of hydrogen-bond acceptors (Lipinski definition) is 6. The van der Waals surface area contributed by atoms with Crippen LogP contribution in [0.15, 0.2) is 43.1 Å². The normalized spacial score (nSPS) is 14.1. The molecule has 1 aliphatic heterocycles. The van der Waals surface area contributed by atoms with Crippen LogP contribution in [-0.2, 0) is 19.5 Å². The van der Waals surface area contributed by atoms with Crippen molar-refractivity contribution in [2.24, 2.45) is 0 Å². The number of halogens is 1. The largest absolute Gasteiger partial charge is 0.495 e. The maximum absolute atomic E-state index is 6.43. The number of hydrogen-bond donors (Lipinski definition) is 0. The summed E-state index contributed by atoms with van der Waals surface area (Å²) in [7, 11) is 1.63. The Morgan fingerprint density at radius 1 is 1.19 bits per heavy atom. The van der Waals surface area contributed by atoms with E-state index in [0.29, 0.717) is 16.6 Å². The number of ether oxygens (including phenoxy) is 1. The fourth-order valence-corrected chi connectivity index (χ4v) is 3.40. The Balaban J connectivity index is 1.52. The van der Waals surface area contributed by atoms with Crippen LogP contribution in [0.4, 0.5) is 0 Å². The Bertz CT molecular complexity index is 919. The minimum Gasteiger partial charge on any atom is -0.495 e. The summed E-state index contributed by atoms with van der Waals surface area (Å²) < 4.78 is 5.31. The predicted molar refractivity (Wildman–Crippen MR) is 98.9 cm³/mol. The lowest BCUT2D eigenvalue weighted by Gasteiger charge is -2.28. The van der Waals surface area contributed by atoms with Gasteiger partial charge in [0.15, 0.2) is 5.82 Å². The third-order valence-corrected chi connectivity index (χ3v) is 4.92. The summed E-state index contributed by atoms with van der Waals surface area (Å²) in [6, 6.07) is 5.88.